The zero-order valence-electron chi connectivity index (χ0n) is 9.86. The van der Waals surface area contributed by atoms with Crippen molar-refractivity contribution in [2.24, 2.45) is 5.92 Å². The number of rotatable bonds is 6. The lowest BCUT2D eigenvalue weighted by Crippen LogP contribution is -2.21. The van der Waals surface area contributed by atoms with Gasteiger partial charge in [-0.25, -0.2) is 4.98 Å². The third-order valence-electron chi connectivity index (χ3n) is 2.50. The number of nitrogens with one attached hydrogen (secondary N) is 1. The molecule has 0 saturated carbocycles. The molecule has 0 aliphatic rings. The van der Waals surface area contributed by atoms with Crippen LogP contribution in [0.2, 0.25) is 0 Å². The number of aliphatic carboxylic acids is 1. The summed E-state index contributed by atoms with van der Waals surface area (Å²) < 4.78 is 0. The minimum atomic E-state index is -0.780. The van der Waals surface area contributed by atoms with E-state index in [1.165, 1.54) is 11.3 Å². The second-order valence-electron chi connectivity index (χ2n) is 4.21. The van der Waals surface area contributed by atoms with Crippen molar-refractivity contribution in [3.05, 3.63) is 11.1 Å². The summed E-state index contributed by atoms with van der Waals surface area (Å²) >= 11 is 1.53. The van der Waals surface area contributed by atoms with Crippen molar-refractivity contribution in [3.63, 3.8) is 0 Å². The highest BCUT2D eigenvalue weighted by Gasteiger charge is 2.09. The highest BCUT2D eigenvalue weighted by Crippen LogP contribution is 2.19. The maximum absolute atomic E-state index is 10.4. The molecule has 1 aromatic heterocycles. The number of thiazole rings is 1. The first-order valence-electron chi connectivity index (χ1n) is 5.41. The maximum Gasteiger partial charge on any atom is 0.303 e. The summed E-state index contributed by atoms with van der Waals surface area (Å²) in [5.41, 5.74) is 0.853. The van der Waals surface area contributed by atoms with Crippen molar-refractivity contribution < 1.29 is 9.90 Å². The van der Waals surface area contributed by atoms with Gasteiger partial charge in [0, 0.05) is 17.8 Å². The number of hydrogen-bond donors (Lipinski definition) is 2. The highest BCUT2D eigenvalue weighted by molar-refractivity contribution is 7.13. The van der Waals surface area contributed by atoms with Crippen molar-refractivity contribution in [1.29, 1.82) is 0 Å². The fraction of sp³-hybridized carbons (Fsp3) is 0.636. The number of aromatic nitrogens is 1. The van der Waals surface area contributed by atoms with Gasteiger partial charge in [-0.3, -0.25) is 4.79 Å². The van der Waals surface area contributed by atoms with E-state index in [1.54, 1.807) is 0 Å². The topological polar surface area (TPSA) is 62.2 Å². The van der Waals surface area contributed by atoms with Crippen LogP contribution in [0, 0.1) is 5.92 Å². The number of carbonyl (C=O) groups is 1. The fourth-order valence-corrected chi connectivity index (χ4v) is 1.93. The van der Waals surface area contributed by atoms with Crippen molar-refractivity contribution in [1.82, 2.24) is 4.98 Å². The van der Waals surface area contributed by atoms with Gasteiger partial charge < -0.3 is 10.4 Å². The van der Waals surface area contributed by atoms with Gasteiger partial charge >= 0.3 is 5.97 Å². The number of nitrogens with zero attached hydrogens (tertiary/aromatic N) is 1. The molecular formula is C11H18N2O2S. The minimum absolute atomic E-state index is 0.142. The van der Waals surface area contributed by atoms with Crippen LogP contribution < -0.4 is 5.32 Å². The van der Waals surface area contributed by atoms with E-state index in [2.05, 4.69) is 31.1 Å². The molecular weight excluding hydrogens is 224 g/mol. The Morgan fingerprint density at radius 2 is 2.25 bits per heavy atom. The molecule has 0 aliphatic heterocycles. The maximum atomic E-state index is 10.4. The van der Waals surface area contributed by atoms with Gasteiger partial charge in [0.15, 0.2) is 5.13 Å². The summed E-state index contributed by atoms with van der Waals surface area (Å²) in [6.45, 7) is 6.41. The molecule has 0 aromatic carbocycles. The summed E-state index contributed by atoms with van der Waals surface area (Å²) in [4.78, 5) is 14.8. The number of hydrogen-bond acceptors (Lipinski definition) is 4. The monoisotopic (exact) mass is 242 g/mol. The van der Waals surface area contributed by atoms with Gasteiger partial charge in [-0.05, 0) is 12.8 Å². The van der Waals surface area contributed by atoms with Gasteiger partial charge in [0.2, 0.25) is 0 Å². The average Bonchev–Trinajstić information content (AvgIpc) is 2.62. The standard InChI is InChI=1S/C11H18N2O2S/c1-7(2)8(3)12-11-13-9(6-16-11)4-5-10(14)15/h6-8H,4-5H2,1-3H3,(H,12,13)(H,14,15). The van der Waals surface area contributed by atoms with Crippen molar-refractivity contribution >= 4 is 22.4 Å². The van der Waals surface area contributed by atoms with E-state index in [9.17, 15) is 4.79 Å². The Balaban J connectivity index is 2.48. The van der Waals surface area contributed by atoms with Crippen LogP contribution >= 0.6 is 11.3 Å². The van der Waals surface area contributed by atoms with E-state index in [0.717, 1.165) is 10.8 Å². The predicted molar refractivity (Wildman–Crippen MR) is 66.0 cm³/mol. The molecule has 16 heavy (non-hydrogen) atoms. The van der Waals surface area contributed by atoms with Crippen LogP contribution in [0.5, 0.6) is 0 Å². The van der Waals surface area contributed by atoms with E-state index in [-0.39, 0.29) is 6.42 Å². The van der Waals surface area contributed by atoms with E-state index in [0.29, 0.717) is 18.4 Å². The molecule has 1 unspecified atom stereocenters. The molecule has 0 bridgehead atoms. The Morgan fingerprint density at radius 1 is 1.56 bits per heavy atom. The molecule has 0 aliphatic carbocycles. The summed E-state index contributed by atoms with van der Waals surface area (Å²) in [6, 6.07) is 0.374. The van der Waals surface area contributed by atoms with Crippen LogP contribution in [0.25, 0.3) is 0 Å². The van der Waals surface area contributed by atoms with E-state index in [1.807, 2.05) is 5.38 Å². The lowest BCUT2D eigenvalue weighted by Gasteiger charge is -2.16. The molecule has 1 heterocycles. The summed E-state index contributed by atoms with van der Waals surface area (Å²) in [6.07, 6.45) is 0.645. The molecule has 0 radical (unpaired) electrons. The number of aryl methyl sites for hydroxylation is 1. The molecule has 1 rings (SSSR count). The molecule has 2 N–H and O–H groups in total. The summed E-state index contributed by atoms with van der Waals surface area (Å²) in [7, 11) is 0. The molecule has 5 heteroatoms. The number of carboxylic acids is 1. The minimum Gasteiger partial charge on any atom is -0.481 e. The van der Waals surface area contributed by atoms with E-state index >= 15 is 0 Å². The summed E-state index contributed by atoms with van der Waals surface area (Å²) in [5, 5.41) is 14.7. The van der Waals surface area contributed by atoms with Crippen LogP contribution in [-0.2, 0) is 11.2 Å². The quantitative estimate of drug-likeness (QED) is 0.805. The van der Waals surface area contributed by atoms with Crippen LogP contribution in [0.4, 0.5) is 5.13 Å². The van der Waals surface area contributed by atoms with Gasteiger partial charge in [-0.2, -0.15) is 0 Å². The predicted octanol–water partition coefficient (Wildman–Crippen LogP) is 2.62. The van der Waals surface area contributed by atoms with Gasteiger partial charge in [0.1, 0.15) is 0 Å². The van der Waals surface area contributed by atoms with Crippen LogP contribution in [-0.4, -0.2) is 22.1 Å². The zero-order chi connectivity index (χ0) is 12.1. The smallest absolute Gasteiger partial charge is 0.303 e. The zero-order valence-corrected chi connectivity index (χ0v) is 10.7. The molecule has 0 amide bonds. The van der Waals surface area contributed by atoms with Gasteiger partial charge in [0.05, 0.1) is 12.1 Å². The van der Waals surface area contributed by atoms with E-state index < -0.39 is 5.97 Å². The largest absolute Gasteiger partial charge is 0.481 e. The van der Waals surface area contributed by atoms with Crippen molar-refractivity contribution in [2.75, 3.05) is 5.32 Å². The van der Waals surface area contributed by atoms with Crippen LogP contribution in [0.3, 0.4) is 0 Å². The van der Waals surface area contributed by atoms with Crippen LogP contribution in [0.1, 0.15) is 32.9 Å². The lowest BCUT2D eigenvalue weighted by atomic mass is 10.1. The van der Waals surface area contributed by atoms with E-state index in [4.69, 9.17) is 5.11 Å². The average molecular weight is 242 g/mol. The third kappa shape index (κ3) is 4.18. The first-order chi connectivity index (χ1) is 7.49. The second-order valence-corrected chi connectivity index (χ2v) is 5.07. The normalized spacial score (nSPS) is 12.8. The first kappa shape index (κ1) is 13.0. The molecule has 0 spiro atoms. The van der Waals surface area contributed by atoms with Crippen molar-refractivity contribution in [2.45, 2.75) is 39.7 Å². The fourth-order valence-electron chi connectivity index (χ4n) is 1.08. The van der Waals surface area contributed by atoms with Crippen LogP contribution in [0.15, 0.2) is 5.38 Å². The first-order valence-corrected chi connectivity index (χ1v) is 6.29. The summed E-state index contributed by atoms with van der Waals surface area (Å²) in [5.74, 6) is -0.232. The Labute approximate surface area is 99.7 Å². The molecule has 1 atom stereocenters. The molecule has 0 fully saturated rings. The van der Waals surface area contributed by atoms with Gasteiger partial charge in [-0.15, -0.1) is 11.3 Å². The third-order valence-corrected chi connectivity index (χ3v) is 3.32. The molecule has 4 nitrogen and oxygen atoms in total. The SMILES string of the molecule is CC(C)C(C)Nc1nc(CCC(=O)O)cs1. The van der Waals surface area contributed by atoms with Gasteiger partial charge in [-0.1, -0.05) is 13.8 Å². The lowest BCUT2D eigenvalue weighted by molar-refractivity contribution is -0.136. The molecule has 0 saturated heterocycles. The molecule has 1 aromatic rings. The second kappa shape index (κ2) is 5.84. The number of anilines is 1. The highest BCUT2D eigenvalue weighted by atomic mass is 32.1. The van der Waals surface area contributed by atoms with Crippen molar-refractivity contribution in [3.8, 4) is 0 Å². The number of carboxylic acid groups (broad SMARTS) is 1. The Morgan fingerprint density at radius 3 is 2.81 bits per heavy atom. The Bertz CT molecular complexity index is 350. The Kier molecular flexibility index (Phi) is 4.73. The molecule has 90 valence electrons. The Hall–Kier alpha value is -1.10. The van der Waals surface area contributed by atoms with Gasteiger partial charge in [0.25, 0.3) is 0 Å².